The summed E-state index contributed by atoms with van der Waals surface area (Å²) in [6, 6.07) is 18.1. The fourth-order valence-electron chi connectivity index (χ4n) is 3.38. The molecule has 2 amide bonds. The van der Waals surface area contributed by atoms with Crippen molar-refractivity contribution in [2.24, 2.45) is 0 Å². The lowest BCUT2D eigenvalue weighted by Crippen LogP contribution is -2.40. The third kappa shape index (κ3) is 5.89. The van der Waals surface area contributed by atoms with Crippen LogP contribution in [0.4, 0.5) is 18.0 Å². The Hall–Kier alpha value is -4.19. The molecule has 4 aromatic rings. The van der Waals surface area contributed by atoms with Gasteiger partial charge in [-0.3, -0.25) is 4.98 Å². The molecule has 8 nitrogen and oxygen atoms in total. The number of sulfonamides is 1. The SMILES string of the molecule is O=C(NCCc1ccc(-n2nc(C(F)(F)F)cc2-c2ccccc2)cc1)NS(=O)(=O)c1cccnc1. The van der Waals surface area contributed by atoms with Gasteiger partial charge >= 0.3 is 12.2 Å². The zero-order valence-corrected chi connectivity index (χ0v) is 19.4. The van der Waals surface area contributed by atoms with Gasteiger partial charge in [0.05, 0.1) is 11.4 Å². The molecule has 4 rings (SSSR count). The predicted molar refractivity (Wildman–Crippen MR) is 126 cm³/mol. The van der Waals surface area contributed by atoms with Crippen LogP contribution in [-0.2, 0) is 22.6 Å². The Bertz CT molecular complexity index is 1440. The smallest absolute Gasteiger partial charge is 0.337 e. The van der Waals surface area contributed by atoms with E-state index in [2.05, 4.69) is 15.4 Å². The summed E-state index contributed by atoms with van der Waals surface area (Å²) >= 11 is 0. The van der Waals surface area contributed by atoms with Crippen molar-refractivity contribution in [2.45, 2.75) is 17.5 Å². The molecule has 0 radical (unpaired) electrons. The molecule has 0 unspecified atom stereocenters. The second-order valence-corrected chi connectivity index (χ2v) is 9.34. The molecule has 0 bridgehead atoms. The van der Waals surface area contributed by atoms with E-state index in [1.807, 2.05) is 4.72 Å². The summed E-state index contributed by atoms with van der Waals surface area (Å²) in [7, 11) is -4.04. The van der Waals surface area contributed by atoms with Gasteiger partial charge in [-0.15, -0.1) is 0 Å². The van der Waals surface area contributed by atoms with E-state index in [1.165, 1.54) is 23.0 Å². The number of rotatable bonds is 7. The van der Waals surface area contributed by atoms with Gasteiger partial charge < -0.3 is 5.32 Å². The molecule has 0 saturated carbocycles. The first-order valence-corrected chi connectivity index (χ1v) is 12.1. The van der Waals surface area contributed by atoms with E-state index in [0.29, 0.717) is 23.4 Å². The summed E-state index contributed by atoms with van der Waals surface area (Å²) in [5.41, 5.74) is 1.09. The average Bonchev–Trinajstić information content (AvgIpc) is 3.32. The monoisotopic (exact) mass is 515 g/mol. The third-order valence-corrected chi connectivity index (χ3v) is 6.44. The molecule has 2 aromatic carbocycles. The summed E-state index contributed by atoms with van der Waals surface area (Å²) in [5.74, 6) is 0. The quantitative estimate of drug-likeness (QED) is 0.384. The Balaban J connectivity index is 1.42. The zero-order valence-electron chi connectivity index (χ0n) is 18.6. The highest BCUT2D eigenvalue weighted by Gasteiger charge is 2.35. The first-order chi connectivity index (χ1) is 17.1. The van der Waals surface area contributed by atoms with Crippen molar-refractivity contribution in [3.63, 3.8) is 0 Å². The second kappa shape index (κ2) is 10.2. The van der Waals surface area contributed by atoms with Crippen LogP contribution in [0.2, 0.25) is 0 Å². The maximum Gasteiger partial charge on any atom is 0.435 e. The van der Waals surface area contributed by atoms with E-state index in [9.17, 15) is 26.4 Å². The van der Waals surface area contributed by atoms with Crippen LogP contribution in [0.5, 0.6) is 0 Å². The fourth-order valence-corrected chi connectivity index (χ4v) is 4.27. The summed E-state index contributed by atoms with van der Waals surface area (Å²) in [6.45, 7) is 0.128. The number of halogens is 3. The molecule has 0 aliphatic carbocycles. The largest absolute Gasteiger partial charge is 0.435 e. The van der Waals surface area contributed by atoms with Crippen LogP contribution >= 0.6 is 0 Å². The standard InChI is InChI=1S/C24H20F3N5O3S/c25-24(26,27)22-15-21(18-5-2-1-3-6-18)32(30-22)19-10-8-17(9-11-19)12-14-29-23(33)31-36(34,35)20-7-4-13-28-16-20/h1-11,13,15-16H,12,14H2,(H2,29,31,33). The second-order valence-electron chi connectivity index (χ2n) is 7.66. The molecular formula is C24H20F3N5O3S. The molecule has 2 aromatic heterocycles. The number of alkyl halides is 3. The number of urea groups is 1. The maximum absolute atomic E-state index is 13.3. The Labute approximate surface area is 204 Å². The Morgan fingerprint density at radius 1 is 0.972 bits per heavy atom. The highest BCUT2D eigenvalue weighted by Crippen LogP contribution is 2.33. The summed E-state index contributed by atoms with van der Waals surface area (Å²) in [5, 5.41) is 6.23. The third-order valence-electron chi connectivity index (χ3n) is 5.12. The number of carbonyl (C=O) groups is 1. The van der Waals surface area contributed by atoms with Crippen LogP contribution in [0.25, 0.3) is 16.9 Å². The molecule has 0 fully saturated rings. The van der Waals surface area contributed by atoms with E-state index in [1.54, 1.807) is 54.6 Å². The Morgan fingerprint density at radius 3 is 2.33 bits per heavy atom. The highest BCUT2D eigenvalue weighted by atomic mass is 32.2. The van der Waals surface area contributed by atoms with Crippen molar-refractivity contribution >= 4 is 16.1 Å². The van der Waals surface area contributed by atoms with Gasteiger partial charge in [-0.2, -0.15) is 18.3 Å². The normalized spacial score (nSPS) is 11.8. The van der Waals surface area contributed by atoms with E-state index in [-0.39, 0.29) is 11.4 Å². The number of nitrogens with zero attached hydrogens (tertiary/aromatic N) is 3. The minimum Gasteiger partial charge on any atom is -0.337 e. The summed E-state index contributed by atoms with van der Waals surface area (Å²) in [6.07, 6.45) is -1.70. The lowest BCUT2D eigenvalue weighted by molar-refractivity contribution is -0.141. The zero-order chi connectivity index (χ0) is 25.8. The number of amides is 2. The van der Waals surface area contributed by atoms with Crippen LogP contribution in [0.15, 0.2) is 90.1 Å². The lowest BCUT2D eigenvalue weighted by atomic mass is 10.1. The van der Waals surface area contributed by atoms with Gasteiger partial charge in [0, 0.05) is 24.5 Å². The van der Waals surface area contributed by atoms with Crippen molar-refractivity contribution in [1.29, 1.82) is 0 Å². The van der Waals surface area contributed by atoms with Crippen LogP contribution in [0, 0.1) is 0 Å². The molecule has 36 heavy (non-hydrogen) atoms. The first-order valence-electron chi connectivity index (χ1n) is 10.7. The van der Waals surface area contributed by atoms with Crippen molar-refractivity contribution < 1.29 is 26.4 Å². The van der Waals surface area contributed by atoms with Gasteiger partial charge in [0.1, 0.15) is 4.90 Å². The minimum atomic E-state index is -4.59. The molecule has 2 heterocycles. The number of hydrogen-bond acceptors (Lipinski definition) is 5. The Kier molecular flexibility index (Phi) is 7.06. The molecule has 2 N–H and O–H groups in total. The van der Waals surface area contributed by atoms with Crippen molar-refractivity contribution in [3.05, 3.63) is 96.4 Å². The van der Waals surface area contributed by atoms with E-state index in [4.69, 9.17) is 0 Å². The van der Waals surface area contributed by atoms with Crippen molar-refractivity contribution in [3.8, 4) is 16.9 Å². The van der Waals surface area contributed by atoms with Crippen molar-refractivity contribution in [2.75, 3.05) is 6.54 Å². The topological polar surface area (TPSA) is 106 Å². The van der Waals surface area contributed by atoms with E-state index in [0.717, 1.165) is 17.8 Å². The minimum absolute atomic E-state index is 0.128. The number of carbonyl (C=O) groups excluding carboxylic acids is 1. The van der Waals surface area contributed by atoms with Gasteiger partial charge in [0.2, 0.25) is 0 Å². The van der Waals surface area contributed by atoms with Crippen molar-refractivity contribution in [1.82, 2.24) is 24.8 Å². The van der Waals surface area contributed by atoms with Gasteiger partial charge in [-0.05, 0) is 42.3 Å². The molecular weight excluding hydrogens is 495 g/mol. The first kappa shape index (κ1) is 24.9. The molecule has 0 spiro atoms. The molecule has 0 aliphatic rings. The number of aromatic nitrogens is 3. The molecule has 0 aliphatic heterocycles. The Morgan fingerprint density at radius 2 is 1.69 bits per heavy atom. The number of nitrogens with one attached hydrogen (secondary N) is 2. The van der Waals surface area contributed by atoms with Gasteiger partial charge in [-0.1, -0.05) is 42.5 Å². The van der Waals surface area contributed by atoms with Gasteiger partial charge in [0.15, 0.2) is 5.69 Å². The van der Waals surface area contributed by atoms with Crippen LogP contribution in [0.1, 0.15) is 11.3 Å². The molecule has 0 atom stereocenters. The van der Waals surface area contributed by atoms with E-state index >= 15 is 0 Å². The van der Waals surface area contributed by atoms with Crippen LogP contribution < -0.4 is 10.0 Å². The summed E-state index contributed by atoms with van der Waals surface area (Å²) < 4.78 is 67.4. The number of pyridine rings is 1. The molecule has 0 saturated heterocycles. The van der Waals surface area contributed by atoms with Gasteiger partial charge in [-0.25, -0.2) is 22.6 Å². The summed E-state index contributed by atoms with van der Waals surface area (Å²) in [4.78, 5) is 15.6. The highest BCUT2D eigenvalue weighted by molar-refractivity contribution is 7.90. The van der Waals surface area contributed by atoms with E-state index < -0.39 is 27.9 Å². The predicted octanol–water partition coefficient (Wildman–Crippen LogP) is 4.18. The maximum atomic E-state index is 13.3. The molecule has 186 valence electrons. The van der Waals surface area contributed by atoms with Gasteiger partial charge in [0.25, 0.3) is 10.0 Å². The number of benzene rings is 2. The van der Waals surface area contributed by atoms with Crippen LogP contribution in [0.3, 0.4) is 0 Å². The fraction of sp³-hybridized carbons (Fsp3) is 0.125. The molecule has 12 heteroatoms. The number of hydrogen-bond donors (Lipinski definition) is 2. The average molecular weight is 516 g/mol. The lowest BCUT2D eigenvalue weighted by Gasteiger charge is -2.10. The van der Waals surface area contributed by atoms with Crippen LogP contribution in [-0.4, -0.2) is 35.8 Å².